The standard InChI is InChI=1S/C31H40N2O/c1-26(2)23-10-11-31(7)24(29(23,5)16-20(18-32)25(26)34)9-8-21-22-17-27(3,19-33)12-13-28(22,4)14-15-30(21,31)6/h8-9,16,22-23H,10-15,17H2,1-7H3/t22-,23-,27-,28+,29-,30+,31+/m0/s1. The van der Waals surface area contributed by atoms with E-state index < -0.39 is 5.41 Å². The summed E-state index contributed by atoms with van der Waals surface area (Å²) in [5, 5.41) is 19.8. The summed E-state index contributed by atoms with van der Waals surface area (Å²) in [5.41, 5.74) is 2.53. The average molecular weight is 457 g/mol. The van der Waals surface area contributed by atoms with Crippen LogP contribution in [0.25, 0.3) is 0 Å². The molecule has 0 aliphatic heterocycles. The molecule has 0 heterocycles. The molecule has 3 heteroatoms. The number of carbonyl (C=O) groups is 1. The van der Waals surface area contributed by atoms with E-state index >= 15 is 0 Å². The van der Waals surface area contributed by atoms with Gasteiger partial charge in [0.1, 0.15) is 6.07 Å². The number of Topliss-reactive ketones (excluding diaryl/α,β-unsaturated/α-hetero) is 1. The molecule has 0 saturated heterocycles. The highest BCUT2D eigenvalue weighted by Crippen LogP contribution is 2.73. The summed E-state index contributed by atoms with van der Waals surface area (Å²) in [4.78, 5) is 13.1. The highest BCUT2D eigenvalue weighted by Gasteiger charge is 2.65. The minimum Gasteiger partial charge on any atom is -0.293 e. The lowest BCUT2D eigenvalue weighted by atomic mass is 9.36. The monoisotopic (exact) mass is 456 g/mol. The van der Waals surface area contributed by atoms with Gasteiger partial charge in [0, 0.05) is 10.8 Å². The summed E-state index contributed by atoms with van der Waals surface area (Å²) in [6, 6.07) is 4.90. The summed E-state index contributed by atoms with van der Waals surface area (Å²) < 4.78 is 0. The summed E-state index contributed by atoms with van der Waals surface area (Å²) in [6.07, 6.45) is 14.4. The molecule has 3 fully saturated rings. The fourth-order valence-electron chi connectivity index (χ4n) is 9.38. The van der Waals surface area contributed by atoms with Crippen LogP contribution in [0.5, 0.6) is 0 Å². The Bertz CT molecular complexity index is 1160. The van der Waals surface area contributed by atoms with Crippen LogP contribution < -0.4 is 0 Å². The molecule has 5 aliphatic carbocycles. The number of nitriles is 2. The van der Waals surface area contributed by atoms with Gasteiger partial charge in [-0.15, -0.1) is 0 Å². The fourth-order valence-corrected chi connectivity index (χ4v) is 9.38. The first-order chi connectivity index (χ1) is 15.7. The summed E-state index contributed by atoms with van der Waals surface area (Å²) in [7, 11) is 0. The summed E-state index contributed by atoms with van der Waals surface area (Å²) in [6.45, 7) is 16.0. The molecule has 0 N–H and O–H groups in total. The van der Waals surface area contributed by atoms with Crippen molar-refractivity contribution >= 4 is 5.78 Å². The van der Waals surface area contributed by atoms with Gasteiger partial charge >= 0.3 is 0 Å². The minimum atomic E-state index is -0.537. The second-order valence-corrected chi connectivity index (χ2v) is 14.0. The van der Waals surface area contributed by atoms with Crippen molar-refractivity contribution in [1.29, 1.82) is 10.5 Å². The predicted octanol–water partition coefficient (Wildman–Crippen LogP) is 7.47. The number of rotatable bonds is 0. The van der Waals surface area contributed by atoms with Crippen molar-refractivity contribution < 1.29 is 4.79 Å². The van der Waals surface area contributed by atoms with Crippen molar-refractivity contribution in [1.82, 2.24) is 0 Å². The number of ketones is 1. The van der Waals surface area contributed by atoms with Crippen LogP contribution in [0.3, 0.4) is 0 Å². The molecule has 3 saturated carbocycles. The lowest BCUT2D eigenvalue weighted by Gasteiger charge is -2.67. The van der Waals surface area contributed by atoms with Crippen molar-refractivity contribution in [2.24, 2.45) is 44.3 Å². The number of hydrogen-bond donors (Lipinski definition) is 0. The van der Waals surface area contributed by atoms with Gasteiger partial charge in [0.05, 0.1) is 17.1 Å². The third-order valence-electron chi connectivity index (χ3n) is 12.0. The van der Waals surface area contributed by atoms with Crippen LogP contribution >= 0.6 is 0 Å². The molecule has 3 nitrogen and oxygen atoms in total. The quantitative estimate of drug-likeness (QED) is 0.380. The lowest BCUT2D eigenvalue weighted by Crippen LogP contribution is -2.59. The van der Waals surface area contributed by atoms with E-state index in [-0.39, 0.29) is 38.8 Å². The molecule has 0 spiro atoms. The van der Waals surface area contributed by atoms with Crippen molar-refractivity contribution in [2.75, 3.05) is 0 Å². The van der Waals surface area contributed by atoms with Gasteiger partial charge in [-0.2, -0.15) is 10.5 Å². The summed E-state index contributed by atoms with van der Waals surface area (Å²) >= 11 is 0. The van der Waals surface area contributed by atoms with Crippen molar-refractivity contribution in [3.8, 4) is 12.1 Å². The first-order valence-electron chi connectivity index (χ1n) is 13.2. The highest BCUT2D eigenvalue weighted by molar-refractivity contribution is 6.04. The van der Waals surface area contributed by atoms with Crippen LogP contribution in [0, 0.1) is 67.0 Å². The first kappa shape index (κ1) is 23.6. The van der Waals surface area contributed by atoms with Gasteiger partial charge < -0.3 is 0 Å². The number of nitrogens with zero attached hydrogens (tertiary/aromatic N) is 2. The Morgan fingerprint density at radius 1 is 0.882 bits per heavy atom. The highest BCUT2D eigenvalue weighted by atomic mass is 16.1. The molecule has 0 aromatic rings. The number of carbonyl (C=O) groups excluding carboxylic acids is 1. The van der Waals surface area contributed by atoms with Gasteiger partial charge in [-0.25, -0.2) is 0 Å². The Kier molecular flexibility index (Phi) is 4.69. The van der Waals surface area contributed by atoms with Crippen molar-refractivity contribution in [3.05, 3.63) is 34.9 Å². The van der Waals surface area contributed by atoms with Gasteiger partial charge in [0.25, 0.3) is 0 Å². The third-order valence-corrected chi connectivity index (χ3v) is 12.0. The van der Waals surface area contributed by atoms with Gasteiger partial charge in [0.2, 0.25) is 0 Å². The third kappa shape index (κ3) is 2.65. The Balaban J connectivity index is 1.69. The Morgan fingerprint density at radius 2 is 1.56 bits per heavy atom. The molecule has 0 bridgehead atoms. The zero-order valence-electron chi connectivity index (χ0n) is 22.1. The fraction of sp³-hybridized carbons (Fsp3) is 0.710. The second kappa shape index (κ2) is 6.75. The molecule has 5 rings (SSSR count). The van der Waals surface area contributed by atoms with Crippen molar-refractivity contribution in [3.63, 3.8) is 0 Å². The van der Waals surface area contributed by atoms with Crippen LogP contribution in [-0.4, -0.2) is 5.78 Å². The van der Waals surface area contributed by atoms with E-state index in [1.54, 1.807) is 5.57 Å². The number of allylic oxidation sites excluding steroid dienone is 6. The normalized spacial score (nSPS) is 49.0. The van der Waals surface area contributed by atoms with E-state index in [9.17, 15) is 15.3 Å². The molecule has 0 aromatic heterocycles. The lowest BCUT2D eigenvalue weighted by molar-refractivity contribution is -0.132. The zero-order chi connectivity index (χ0) is 24.9. The molecule has 180 valence electrons. The maximum absolute atomic E-state index is 13.1. The molecule has 34 heavy (non-hydrogen) atoms. The molecule has 0 amide bonds. The van der Waals surface area contributed by atoms with Crippen molar-refractivity contribution in [2.45, 2.75) is 93.4 Å². The van der Waals surface area contributed by atoms with Crippen LogP contribution in [-0.2, 0) is 4.79 Å². The minimum absolute atomic E-state index is 0.00589. The van der Waals surface area contributed by atoms with E-state index in [0.29, 0.717) is 11.5 Å². The van der Waals surface area contributed by atoms with Gasteiger partial charge in [-0.3, -0.25) is 4.79 Å². The van der Waals surface area contributed by atoms with Crippen LogP contribution in [0.1, 0.15) is 93.4 Å². The largest absolute Gasteiger partial charge is 0.293 e. The Morgan fingerprint density at radius 3 is 2.21 bits per heavy atom. The zero-order valence-corrected chi connectivity index (χ0v) is 22.1. The van der Waals surface area contributed by atoms with E-state index in [0.717, 1.165) is 32.1 Å². The Hall–Kier alpha value is -2.13. The maximum atomic E-state index is 13.1. The average Bonchev–Trinajstić information content (AvgIpc) is 2.78. The molecule has 0 aromatic carbocycles. The topological polar surface area (TPSA) is 64.7 Å². The maximum Gasteiger partial charge on any atom is 0.178 e. The molecular weight excluding hydrogens is 416 g/mol. The number of hydrogen-bond acceptors (Lipinski definition) is 3. The first-order valence-corrected chi connectivity index (χ1v) is 13.2. The number of fused-ring (bicyclic) bond motifs is 7. The predicted molar refractivity (Wildman–Crippen MR) is 134 cm³/mol. The van der Waals surface area contributed by atoms with E-state index in [4.69, 9.17) is 0 Å². The van der Waals surface area contributed by atoms with Crippen LogP contribution in [0.15, 0.2) is 34.9 Å². The molecule has 7 atom stereocenters. The summed E-state index contributed by atoms with van der Waals surface area (Å²) in [5.74, 6) is 0.652. The molecule has 0 unspecified atom stereocenters. The molecule has 5 aliphatic rings. The molecular formula is C31H40N2O. The van der Waals surface area contributed by atoms with Gasteiger partial charge in [-0.05, 0) is 80.0 Å². The van der Waals surface area contributed by atoms with E-state index in [1.807, 2.05) is 6.08 Å². The molecule has 0 radical (unpaired) electrons. The SMILES string of the molecule is CC1(C)C(=O)C(C#N)=C[C@]2(C)C3=CC=C4[C@@H]5C[C@@](C)(C#N)CC[C@]5(C)CC[C@@]4(C)[C@]3(C)CC[C@@H]12. The van der Waals surface area contributed by atoms with Crippen LogP contribution in [0.4, 0.5) is 0 Å². The van der Waals surface area contributed by atoms with Gasteiger partial charge in [-0.1, -0.05) is 70.9 Å². The van der Waals surface area contributed by atoms with E-state index in [1.165, 1.54) is 18.4 Å². The van der Waals surface area contributed by atoms with Gasteiger partial charge in [0.15, 0.2) is 5.78 Å². The Labute approximate surface area is 206 Å². The smallest absolute Gasteiger partial charge is 0.178 e. The van der Waals surface area contributed by atoms with Crippen LogP contribution in [0.2, 0.25) is 0 Å². The van der Waals surface area contributed by atoms with E-state index in [2.05, 4.69) is 72.8 Å². The second-order valence-electron chi connectivity index (χ2n) is 14.0.